The summed E-state index contributed by atoms with van der Waals surface area (Å²) in [4.78, 5) is 14.1. The molecule has 0 saturated carbocycles. The molecular weight excluding hydrogens is 310 g/mol. The van der Waals surface area contributed by atoms with Crippen molar-refractivity contribution in [2.45, 2.75) is 40.3 Å². The molecule has 23 heavy (non-hydrogen) atoms. The van der Waals surface area contributed by atoms with Crippen LogP contribution in [0.15, 0.2) is 6.07 Å². The highest BCUT2D eigenvalue weighted by Gasteiger charge is 2.26. The first-order chi connectivity index (χ1) is 11.0. The number of piperidine rings is 1. The van der Waals surface area contributed by atoms with Gasteiger partial charge in [0.1, 0.15) is 10.7 Å². The summed E-state index contributed by atoms with van der Waals surface area (Å²) in [6, 6.07) is 4.20. The second-order valence-corrected chi connectivity index (χ2v) is 6.36. The number of hydrogen-bond acceptors (Lipinski definition) is 5. The third kappa shape index (κ3) is 3.98. The Morgan fingerprint density at radius 1 is 1.43 bits per heavy atom. The SMILES string of the molecule is CCOC(=O)C1CCN(Cn2c(C)cc(C)c(C#N)c2=S)CC1. The molecule has 0 unspecified atom stereocenters. The molecule has 0 aromatic carbocycles. The summed E-state index contributed by atoms with van der Waals surface area (Å²) in [6.07, 6.45) is 1.62. The van der Waals surface area contributed by atoms with Crippen LogP contribution in [0.1, 0.15) is 36.6 Å². The van der Waals surface area contributed by atoms with Gasteiger partial charge in [0.25, 0.3) is 0 Å². The van der Waals surface area contributed by atoms with Gasteiger partial charge in [-0.3, -0.25) is 9.69 Å². The maximum Gasteiger partial charge on any atom is 0.309 e. The Labute approximate surface area is 142 Å². The number of likely N-dealkylation sites (tertiary alicyclic amines) is 1. The monoisotopic (exact) mass is 333 g/mol. The van der Waals surface area contributed by atoms with Gasteiger partial charge in [0.05, 0.1) is 24.8 Å². The Bertz CT molecular complexity index is 682. The molecule has 0 aliphatic carbocycles. The van der Waals surface area contributed by atoms with Crippen molar-refractivity contribution in [2.24, 2.45) is 5.92 Å². The largest absolute Gasteiger partial charge is 0.466 e. The van der Waals surface area contributed by atoms with Gasteiger partial charge in [-0.25, -0.2) is 0 Å². The number of carbonyl (C=O) groups excluding carboxylic acids is 1. The molecule has 1 saturated heterocycles. The van der Waals surface area contributed by atoms with Gasteiger partial charge in [-0.05, 0) is 45.2 Å². The number of nitriles is 1. The number of nitrogens with zero attached hydrogens (tertiary/aromatic N) is 3. The Morgan fingerprint density at radius 3 is 2.65 bits per heavy atom. The van der Waals surface area contributed by atoms with E-state index in [1.54, 1.807) is 0 Å². The first-order valence-electron chi connectivity index (χ1n) is 7.98. The van der Waals surface area contributed by atoms with E-state index in [1.165, 1.54) is 0 Å². The zero-order valence-corrected chi connectivity index (χ0v) is 14.8. The fourth-order valence-corrected chi connectivity index (χ4v) is 3.42. The number of hydrogen-bond donors (Lipinski definition) is 0. The maximum absolute atomic E-state index is 11.8. The van der Waals surface area contributed by atoms with Gasteiger partial charge in [-0.1, -0.05) is 12.2 Å². The second-order valence-electron chi connectivity index (χ2n) is 5.97. The lowest BCUT2D eigenvalue weighted by atomic mass is 9.97. The summed E-state index contributed by atoms with van der Waals surface area (Å²) in [5, 5.41) is 9.27. The van der Waals surface area contributed by atoms with E-state index < -0.39 is 0 Å². The van der Waals surface area contributed by atoms with Crippen molar-refractivity contribution in [3.63, 3.8) is 0 Å². The highest BCUT2D eigenvalue weighted by molar-refractivity contribution is 7.71. The lowest BCUT2D eigenvalue weighted by molar-refractivity contribution is -0.149. The zero-order chi connectivity index (χ0) is 17.0. The molecule has 0 spiro atoms. The molecule has 1 aromatic heterocycles. The fraction of sp³-hybridized carbons (Fsp3) is 0.588. The van der Waals surface area contributed by atoms with Gasteiger partial charge in [0.15, 0.2) is 0 Å². The average Bonchev–Trinajstić information content (AvgIpc) is 2.52. The van der Waals surface area contributed by atoms with E-state index in [-0.39, 0.29) is 11.9 Å². The van der Waals surface area contributed by atoms with Gasteiger partial charge >= 0.3 is 5.97 Å². The number of esters is 1. The molecule has 1 aromatic rings. The summed E-state index contributed by atoms with van der Waals surface area (Å²) in [5.41, 5.74) is 2.55. The predicted octanol–water partition coefficient (Wildman–Crippen LogP) is 2.94. The molecule has 0 atom stereocenters. The van der Waals surface area contributed by atoms with Crippen LogP contribution in [0, 0.1) is 35.7 Å². The van der Waals surface area contributed by atoms with Crippen LogP contribution in [0.25, 0.3) is 0 Å². The summed E-state index contributed by atoms with van der Waals surface area (Å²) >= 11 is 5.47. The van der Waals surface area contributed by atoms with Crippen LogP contribution in [0.4, 0.5) is 0 Å². The second kappa shape index (κ2) is 7.71. The van der Waals surface area contributed by atoms with Crippen molar-refractivity contribution in [3.8, 4) is 6.07 Å². The van der Waals surface area contributed by atoms with E-state index in [9.17, 15) is 10.1 Å². The molecule has 0 radical (unpaired) electrons. The Hall–Kier alpha value is -1.71. The van der Waals surface area contributed by atoms with Crippen molar-refractivity contribution in [1.29, 1.82) is 5.26 Å². The number of pyridine rings is 1. The van der Waals surface area contributed by atoms with Gasteiger partial charge in [-0.2, -0.15) is 5.26 Å². The third-order valence-electron chi connectivity index (χ3n) is 4.37. The van der Waals surface area contributed by atoms with Crippen molar-refractivity contribution in [3.05, 3.63) is 27.5 Å². The standard InChI is InChI=1S/C17H23N3O2S/c1-4-22-17(21)14-5-7-19(8-6-14)11-20-13(3)9-12(2)15(10-18)16(20)23/h9,14H,4-8,11H2,1-3H3. The van der Waals surface area contributed by atoms with Crippen LogP contribution in [0.3, 0.4) is 0 Å². The van der Waals surface area contributed by atoms with E-state index in [1.807, 2.05) is 31.4 Å². The number of aryl methyl sites for hydroxylation is 2. The topological polar surface area (TPSA) is 58.3 Å². The summed E-state index contributed by atoms with van der Waals surface area (Å²) in [5.74, 6) is -0.0741. The van der Waals surface area contributed by atoms with Gasteiger partial charge in [0, 0.05) is 18.8 Å². The molecule has 2 heterocycles. The molecular formula is C17H23N3O2S. The highest BCUT2D eigenvalue weighted by Crippen LogP contribution is 2.20. The minimum Gasteiger partial charge on any atom is -0.466 e. The summed E-state index contributed by atoms with van der Waals surface area (Å²) < 4.78 is 7.70. The molecule has 2 rings (SSSR count). The van der Waals surface area contributed by atoms with Crippen molar-refractivity contribution in [2.75, 3.05) is 19.7 Å². The molecule has 1 fully saturated rings. The molecule has 124 valence electrons. The van der Waals surface area contributed by atoms with Crippen LogP contribution in [0.2, 0.25) is 0 Å². The average molecular weight is 333 g/mol. The van der Waals surface area contributed by atoms with Crippen molar-refractivity contribution >= 4 is 18.2 Å². The lowest BCUT2D eigenvalue weighted by Gasteiger charge is -2.32. The molecule has 1 aliphatic rings. The van der Waals surface area contributed by atoms with E-state index >= 15 is 0 Å². The van der Waals surface area contributed by atoms with Crippen LogP contribution in [-0.4, -0.2) is 35.1 Å². The smallest absolute Gasteiger partial charge is 0.309 e. The summed E-state index contributed by atoms with van der Waals surface area (Å²) in [7, 11) is 0. The Balaban J connectivity index is 2.07. The van der Waals surface area contributed by atoms with Crippen molar-refractivity contribution in [1.82, 2.24) is 9.47 Å². The Kier molecular flexibility index (Phi) is 5.91. The fourth-order valence-electron chi connectivity index (χ4n) is 3.01. The molecule has 5 nitrogen and oxygen atoms in total. The zero-order valence-electron chi connectivity index (χ0n) is 14.0. The normalized spacial score (nSPS) is 16.1. The van der Waals surface area contributed by atoms with Gasteiger partial charge < -0.3 is 9.30 Å². The molecule has 0 amide bonds. The maximum atomic E-state index is 11.8. The van der Waals surface area contributed by atoms with E-state index in [4.69, 9.17) is 17.0 Å². The van der Waals surface area contributed by atoms with Crippen LogP contribution in [-0.2, 0) is 16.2 Å². The quantitative estimate of drug-likeness (QED) is 0.626. The lowest BCUT2D eigenvalue weighted by Crippen LogP contribution is -2.38. The van der Waals surface area contributed by atoms with Crippen LogP contribution in [0.5, 0.6) is 0 Å². The molecule has 0 N–H and O–H groups in total. The van der Waals surface area contributed by atoms with E-state index in [0.717, 1.165) is 37.2 Å². The van der Waals surface area contributed by atoms with Crippen LogP contribution >= 0.6 is 12.2 Å². The minimum atomic E-state index is -0.0814. The van der Waals surface area contributed by atoms with Gasteiger partial charge in [0.2, 0.25) is 0 Å². The molecule has 0 bridgehead atoms. The molecule has 1 aliphatic heterocycles. The van der Waals surface area contributed by atoms with Crippen LogP contribution < -0.4 is 0 Å². The first kappa shape index (κ1) is 17.6. The number of ether oxygens (including phenoxy) is 1. The summed E-state index contributed by atoms with van der Waals surface area (Å²) in [6.45, 7) is 8.53. The predicted molar refractivity (Wildman–Crippen MR) is 90.4 cm³/mol. The first-order valence-corrected chi connectivity index (χ1v) is 8.38. The van der Waals surface area contributed by atoms with E-state index in [2.05, 4.69) is 11.0 Å². The molecule has 6 heteroatoms. The number of rotatable bonds is 4. The number of aromatic nitrogens is 1. The van der Waals surface area contributed by atoms with Crippen molar-refractivity contribution < 1.29 is 9.53 Å². The highest BCUT2D eigenvalue weighted by atomic mass is 32.1. The van der Waals surface area contributed by atoms with Gasteiger partial charge in [-0.15, -0.1) is 0 Å². The Morgan fingerprint density at radius 2 is 2.09 bits per heavy atom. The van der Waals surface area contributed by atoms with E-state index in [0.29, 0.717) is 23.5 Å². The third-order valence-corrected chi connectivity index (χ3v) is 4.79. The number of carbonyl (C=O) groups is 1. The minimum absolute atomic E-state index is 0.00737.